The minimum atomic E-state index is -0.951. The van der Waals surface area contributed by atoms with E-state index in [1.54, 1.807) is 43.8 Å². The Balaban J connectivity index is 1.59. The molecule has 1 aliphatic rings. The van der Waals surface area contributed by atoms with Crippen LogP contribution >= 0.6 is 0 Å². The lowest BCUT2D eigenvalue weighted by molar-refractivity contribution is -0.134. The van der Waals surface area contributed by atoms with Crippen molar-refractivity contribution in [2.45, 2.75) is 19.4 Å². The fourth-order valence-corrected chi connectivity index (χ4v) is 2.46. The van der Waals surface area contributed by atoms with Gasteiger partial charge in [0.15, 0.2) is 0 Å². The van der Waals surface area contributed by atoms with Crippen molar-refractivity contribution in [1.82, 2.24) is 10.3 Å². The van der Waals surface area contributed by atoms with Crippen molar-refractivity contribution in [3.8, 4) is 5.75 Å². The molecule has 2 aromatic rings. The first-order chi connectivity index (χ1) is 11.6. The summed E-state index contributed by atoms with van der Waals surface area (Å²) in [7, 11) is 1.58. The van der Waals surface area contributed by atoms with Crippen molar-refractivity contribution >= 4 is 17.5 Å². The third-order valence-electron chi connectivity index (χ3n) is 4.17. The molecule has 2 N–H and O–H groups in total. The van der Waals surface area contributed by atoms with Gasteiger partial charge in [0.25, 0.3) is 0 Å². The first-order valence-corrected chi connectivity index (χ1v) is 7.77. The van der Waals surface area contributed by atoms with E-state index in [9.17, 15) is 9.59 Å². The van der Waals surface area contributed by atoms with Gasteiger partial charge >= 0.3 is 0 Å². The lowest BCUT2D eigenvalue weighted by Gasteiger charge is -2.15. The normalized spacial score (nSPS) is 14.5. The number of hydrogen-bond acceptors (Lipinski definition) is 4. The quantitative estimate of drug-likeness (QED) is 0.797. The zero-order valence-electron chi connectivity index (χ0n) is 13.4. The van der Waals surface area contributed by atoms with Gasteiger partial charge in [-0.25, -0.2) is 0 Å². The average Bonchev–Trinajstić information content (AvgIpc) is 3.43. The Bertz CT molecular complexity index is 725. The van der Waals surface area contributed by atoms with Crippen molar-refractivity contribution in [3.05, 3.63) is 54.4 Å². The van der Waals surface area contributed by atoms with Crippen LogP contribution in [0.3, 0.4) is 0 Å². The van der Waals surface area contributed by atoms with Gasteiger partial charge in [0.05, 0.1) is 7.11 Å². The van der Waals surface area contributed by atoms with E-state index in [-0.39, 0.29) is 11.8 Å². The van der Waals surface area contributed by atoms with Gasteiger partial charge in [0, 0.05) is 24.6 Å². The van der Waals surface area contributed by atoms with Crippen LogP contribution in [-0.4, -0.2) is 23.9 Å². The molecule has 0 bridgehead atoms. The second-order valence-electron chi connectivity index (χ2n) is 5.80. The van der Waals surface area contributed by atoms with E-state index < -0.39 is 5.41 Å². The summed E-state index contributed by atoms with van der Waals surface area (Å²) in [4.78, 5) is 28.9. The SMILES string of the molecule is COc1ccc(NC(=O)C2(C(=O)NCc3ccncc3)CC2)cc1. The summed E-state index contributed by atoms with van der Waals surface area (Å²) in [6.07, 6.45) is 4.48. The molecule has 0 saturated heterocycles. The molecular weight excluding hydrogens is 306 g/mol. The summed E-state index contributed by atoms with van der Waals surface area (Å²) < 4.78 is 5.08. The van der Waals surface area contributed by atoms with E-state index in [1.165, 1.54) is 0 Å². The Morgan fingerprint density at radius 1 is 1.08 bits per heavy atom. The maximum Gasteiger partial charge on any atom is 0.240 e. The monoisotopic (exact) mass is 325 g/mol. The van der Waals surface area contributed by atoms with E-state index in [1.807, 2.05) is 12.1 Å². The molecule has 0 unspecified atom stereocenters. The molecule has 2 amide bonds. The summed E-state index contributed by atoms with van der Waals surface area (Å²) in [5.74, 6) is 0.217. The smallest absolute Gasteiger partial charge is 0.240 e. The Hall–Kier alpha value is -2.89. The third kappa shape index (κ3) is 3.37. The number of pyridine rings is 1. The number of methoxy groups -OCH3 is 1. The van der Waals surface area contributed by atoms with Crippen molar-refractivity contribution < 1.29 is 14.3 Å². The van der Waals surface area contributed by atoms with Crippen LogP contribution in [0, 0.1) is 5.41 Å². The number of hydrogen-bond donors (Lipinski definition) is 2. The number of nitrogens with zero attached hydrogens (tertiary/aromatic N) is 1. The van der Waals surface area contributed by atoms with Crippen LogP contribution < -0.4 is 15.4 Å². The lowest BCUT2D eigenvalue weighted by Crippen LogP contribution is -2.39. The number of anilines is 1. The molecule has 0 spiro atoms. The summed E-state index contributed by atoms with van der Waals surface area (Å²) in [6.45, 7) is 0.388. The van der Waals surface area contributed by atoms with Gasteiger partial charge in [-0.1, -0.05) is 0 Å². The molecule has 0 radical (unpaired) electrons. The summed E-state index contributed by atoms with van der Waals surface area (Å²) in [6, 6.07) is 10.7. The fraction of sp³-hybridized carbons (Fsp3) is 0.278. The van der Waals surface area contributed by atoms with Crippen LogP contribution in [-0.2, 0) is 16.1 Å². The Kier molecular flexibility index (Phi) is 4.46. The summed E-state index contributed by atoms with van der Waals surface area (Å²) in [5, 5.41) is 5.65. The Morgan fingerprint density at radius 3 is 2.33 bits per heavy atom. The van der Waals surface area contributed by atoms with Crippen molar-refractivity contribution in [3.63, 3.8) is 0 Å². The number of carbonyl (C=O) groups is 2. The topological polar surface area (TPSA) is 80.3 Å². The molecule has 0 aliphatic heterocycles. The highest BCUT2D eigenvalue weighted by molar-refractivity contribution is 6.13. The van der Waals surface area contributed by atoms with Crippen molar-refractivity contribution in [2.75, 3.05) is 12.4 Å². The molecule has 6 nitrogen and oxygen atoms in total. The standard InChI is InChI=1S/C18H19N3O3/c1-24-15-4-2-14(3-5-15)21-17(23)18(8-9-18)16(22)20-12-13-6-10-19-11-7-13/h2-7,10-11H,8-9,12H2,1H3,(H,20,22)(H,21,23). The van der Waals surface area contributed by atoms with E-state index in [0.29, 0.717) is 30.8 Å². The minimum Gasteiger partial charge on any atom is -0.497 e. The molecule has 24 heavy (non-hydrogen) atoms. The highest BCUT2D eigenvalue weighted by Crippen LogP contribution is 2.46. The number of ether oxygens (including phenoxy) is 1. The molecule has 6 heteroatoms. The molecule has 124 valence electrons. The van der Waals surface area contributed by atoms with Crippen LogP contribution in [0.15, 0.2) is 48.8 Å². The maximum absolute atomic E-state index is 12.5. The molecular formula is C18H19N3O3. The van der Waals surface area contributed by atoms with Gasteiger partial charge in [-0.05, 0) is 54.8 Å². The van der Waals surface area contributed by atoms with E-state index in [0.717, 1.165) is 5.56 Å². The number of benzene rings is 1. The predicted octanol–water partition coefficient (Wildman–Crippen LogP) is 2.13. The molecule has 1 fully saturated rings. The molecule has 3 rings (SSSR count). The van der Waals surface area contributed by atoms with Gasteiger partial charge in [-0.15, -0.1) is 0 Å². The minimum absolute atomic E-state index is 0.231. The number of nitrogens with one attached hydrogen (secondary N) is 2. The largest absolute Gasteiger partial charge is 0.497 e. The first-order valence-electron chi connectivity index (χ1n) is 7.77. The number of rotatable bonds is 6. The average molecular weight is 325 g/mol. The first kappa shape index (κ1) is 16.0. The van der Waals surface area contributed by atoms with Gasteiger partial charge in [0.1, 0.15) is 11.2 Å². The molecule has 1 heterocycles. The third-order valence-corrected chi connectivity index (χ3v) is 4.17. The van der Waals surface area contributed by atoms with Crippen molar-refractivity contribution in [2.24, 2.45) is 5.41 Å². The molecule has 0 atom stereocenters. The highest BCUT2D eigenvalue weighted by Gasteiger charge is 2.56. The molecule has 1 saturated carbocycles. The van der Waals surface area contributed by atoms with Crippen molar-refractivity contribution in [1.29, 1.82) is 0 Å². The lowest BCUT2D eigenvalue weighted by atomic mass is 10.0. The molecule has 1 aromatic heterocycles. The molecule has 1 aliphatic carbocycles. The van der Waals surface area contributed by atoms with Gasteiger partial charge in [0.2, 0.25) is 11.8 Å². The van der Waals surface area contributed by atoms with Gasteiger partial charge in [-0.3, -0.25) is 14.6 Å². The number of carbonyl (C=O) groups excluding carboxylic acids is 2. The Morgan fingerprint density at radius 2 is 1.75 bits per heavy atom. The summed E-state index contributed by atoms with van der Waals surface area (Å²) >= 11 is 0. The van der Waals surface area contributed by atoms with Gasteiger partial charge < -0.3 is 15.4 Å². The second-order valence-corrected chi connectivity index (χ2v) is 5.80. The summed E-state index contributed by atoms with van der Waals surface area (Å²) in [5.41, 5.74) is 0.645. The van der Waals surface area contributed by atoms with E-state index >= 15 is 0 Å². The van der Waals surface area contributed by atoms with Crippen LogP contribution in [0.1, 0.15) is 18.4 Å². The van der Waals surface area contributed by atoms with Crippen LogP contribution in [0.4, 0.5) is 5.69 Å². The number of amides is 2. The highest BCUT2D eigenvalue weighted by atomic mass is 16.5. The fourth-order valence-electron chi connectivity index (χ4n) is 2.46. The number of aromatic nitrogens is 1. The second kappa shape index (κ2) is 6.70. The molecule has 1 aromatic carbocycles. The Labute approximate surface area is 140 Å². The maximum atomic E-state index is 12.5. The van der Waals surface area contributed by atoms with Crippen LogP contribution in [0.2, 0.25) is 0 Å². The van der Waals surface area contributed by atoms with E-state index in [2.05, 4.69) is 15.6 Å². The van der Waals surface area contributed by atoms with E-state index in [4.69, 9.17) is 4.74 Å². The zero-order valence-corrected chi connectivity index (χ0v) is 13.4. The van der Waals surface area contributed by atoms with Crippen LogP contribution in [0.5, 0.6) is 5.75 Å². The predicted molar refractivity (Wildman–Crippen MR) is 89.4 cm³/mol. The van der Waals surface area contributed by atoms with Crippen LogP contribution in [0.25, 0.3) is 0 Å². The van der Waals surface area contributed by atoms with Gasteiger partial charge in [-0.2, -0.15) is 0 Å². The zero-order chi connectivity index (χ0) is 17.0.